The van der Waals surface area contributed by atoms with E-state index >= 15 is 0 Å². The Balaban J connectivity index is 1.44. The molecule has 2 heterocycles. The Morgan fingerprint density at radius 3 is 2.72 bits per heavy atom. The van der Waals surface area contributed by atoms with E-state index in [0.29, 0.717) is 27.6 Å². The smallest absolute Gasteiger partial charge is 0.338 e. The molecular weight excluding hydrogens is 362 g/mol. The second-order valence-corrected chi connectivity index (χ2v) is 6.20. The molecule has 2 aromatic heterocycles. The standard InChI is InChI=1S/C17H10ClN3O3S/c18-12-4-1-10(2-5-12)16-8-13(19-24-16)9-23-17(22)11-3-6-14-15(7-11)21-25-20-14/h1-8H,9H2. The first kappa shape index (κ1) is 15.7. The first-order chi connectivity index (χ1) is 12.2. The zero-order chi connectivity index (χ0) is 17.2. The summed E-state index contributed by atoms with van der Waals surface area (Å²) in [5.74, 6) is 0.128. The molecule has 25 heavy (non-hydrogen) atoms. The van der Waals surface area contributed by atoms with Crippen LogP contribution in [0.2, 0.25) is 5.02 Å². The number of hydrogen-bond donors (Lipinski definition) is 0. The molecule has 124 valence electrons. The Morgan fingerprint density at radius 1 is 1.08 bits per heavy atom. The molecule has 0 saturated heterocycles. The van der Waals surface area contributed by atoms with E-state index in [9.17, 15) is 4.79 Å². The first-order valence-corrected chi connectivity index (χ1v) is 8.41. The topological polar surface area (TPSA) is 78.1 Å². The minimum absolute atomic E-state index is 0.0171. The van der Waals surface area contributed by atoms with Crippen molar-refractivity contribution in [3.63, 3.8) is 0 Å². The van der Waals surface area contributed by atoms with Crippen LogP contribution in [-0.2, 0) is 11.3 Å². The lowest BCUT2D eigenvalue weighted by Crippen LogP contribution is -2.05. The largest absolute Gasteiger partial charge is 0.455 e. The van der Waals surface area contributed by atoms with Gasteiger partial charge in [-0.15, -0.1) is 0 Å². The van der Waals surface area contributed by atoms with E-state index in [-0.39, 0.29) is 6.61 Å². The van der Waals surface area contributed by atoms with Crippen molar-refractivity contribution < 1.29 is 14.1 Å². The highest BCUT2D eigenvalue weighted by Crippen LogP contribution is 2.23. The van der Waals surface area contributed by atoms with E-state index in [1.807, 2.05) is 12.1 Å². The zero-order valence-electron chi connectivity index (χ0n) is 12.7. The van der Waals surface area contributed by atoms with Crippen LogP contribution in [0.15, 0.2) is 53.1 Å². The number of rotatable bonds is 4. The van der Waals surface area contributed by atoms with Gasteiger partial charge in [0, 0.05) is 16.7 Å². The third-order valence-electron chi connectivity index (χ3n) is 3.53. The molecule has 0 aliphatic rings. The number of carbonyl (C=O) groups is 1. The summed E-state index contributed by atoms with van der Waals surface area (Å²) in [5, 5.41) is 4.56. The molecule has 0 unspecified atom stereocenters. The molecule has 0 atom stereocenters. The van der Waals surface area contributed by atoms with Crippen LogP contribution in [0.25, 0.3) is 22.4 Å². The van der Waals surface area contributed by atoms with E-state index in [0.717, 1.165) is 22.8 Å². The number of fused-ring (bicyclic) bond motifs is 1. The van der Waals surface area contributed by atoms with Crippen molar-refractivity contribution in [3.05, 3.63) is 64.8 Å². The van der Waals surface area contributed by atoms with E-state index in [1.54, 1.807) is 36.4 Å². The van der Waals surface area contributed by atoms with Crippen molar-refractivity contribution in [1.29, 1.82) is 0 Å². The number of ether oxygens (including phenoxy) is 1. The minimum atomic E-state index is -0.453. The van der Waals surface area contributed by atoms with E-state index < -0.39 is 5.97 Å². The van der Waals surface area contributed by atoms with Crippen molar-refractivity contribution in [3.8, 4) is 11.3 Å². The van der Waals surface area contributed by atoms with Gasteiger partial charge >= 0.3 is 5.97 Å². The van der Waals surface area contributed by atoms with Gasteiger partial charge in [-0.3, -0.25) is 0 Å². The number of aromatic nitrogens is 3. The van der Waals surface area contributed by atoms with Crippen molar-refractivity contribution >= 4 is 40.3 Å². The Bertz CT molecular complexity index is 1040. The third kappa shape index (κ3) is 3.38. The Hall–Kier alpha value is -2.77. The number of nitrogens with zero attached hydrogens (tertiary/aromatic N) is 3. The summed E-state index contributed by atoms with van der Waals surface area (Å²) in [5.41, 5.74) is 3.21. The van der Waals surface area contributed by atoms with Gasteiger partial charge in [0.05, 0.1) is 17.3 Å². The van der Waals surface area contributed by atoms with Crippen LogP contribution in [-0.4, -0.2) is 19.9 Å². The number of esters is 1. The van der Waals surface area contributed by atoms with Gasteiger partial charge in [-0.1, -0.05) is 16.8 Å². The molecule has 6 nitrogen and oxygen atoms in total. The minimum Gasteiger partial charge on any atom is -0.455 e. The highest BCUT2D eigenvalue weighted by Gasteiger charge is 2.12. The number of halogens is 1. The fourth-order valence-corrected chi connectivity index (χ4v) is 2.91. The van der Waals surface area contributed by atoms with Gasteiger partial charge < -0.3 is 9.26 Å². The Kier molecular flexibility index (Phi) is 4.17. The van der Waals surface area contributed by atoms with E-state index in [1.165, 1.54) is 0 Å². The predicted octanol–water partition coefficient (Wildman–Crippen LogP) is 4.36. The molecule has 0 amide bonds. The Morgan fingerprint density at radius 2 is 1.88 bits per heavy atom. The molecule has 8 heteroatoms. The highest BCUT2D eigenvalue weighted by molar-refractivity contribution is 7.00. The van der Waals surface area contributed by atoms with Gasteiger partial charge in [-0.2, -0.15) is 8.75 Å². The third-order valence-corrected chi connectivity index (χ3v) is 4.34. The number of hydrogen-bond acceptors (Lipinski definition) is 7. The van der Waals surface area contributed by atoms with Crippen LogP contribution in [0, 0.1) is 0 Å². The fourth-order valence-electron chi connectivity index (χ4n) is 2.26. The molecule has 4 rings (SSSR count). The zero-order valence-corrected chi connectivity index (χ0v) is 14.3. The number of benzene rings is 2. The maximum atomic E-state index is 12.2. The summed E-state index contributed by atoms with van der Waals surface area (Å²) in [6.45, 7) is 0.0171. The van der Waals surface area contributed by atoms with Gasteiger partial charge in [0.2, 0.25) is 0 Å². The summed E-state index contributed by atoms with van der Waals surface area (Å²) in [6.07, 6.45) is 0. The molecule has 4 aromatic rings. The van der Waals surface area contributed by atoms with Gasteiger partial charge in [0.15, 0.2) is 5.76 Å². The van der Waals surface area contributed by atoms with Crippen LogP contribution < -0.4 is 0 Å². The maximum Gasteiger partial charge on any atom is 0.338 e. The van der Waals surface area contributed by atoms with Crippen molar-refractivity contribution in [1.82, 2.24) is 13.9 Å². The van der Waals surface area contributed by atoms with Crippen molar-refractivity contribution in [2.45, 2.75) is 6.61 Å². The van der Waals surface area contributed by atoms with Gasteiger partial charge in [-0.25, -0.2) is 4.79 Å². The predicted molar refractivity (Wildman–Crippen MR) is 93.5 cm³/mol. The molecule has 0 saturated carbocycles. The van der Waals surface area contributed by atoms with Crippen LogP contribution in [0.1, 0.15) is 16.1 Å². The molecular formula is C17H10ClN3O3S. The van der Waals surface area contributed by atoms with Crippen LogP contribution in [0.5, 0.6) is 0 Å². The summed E-state index contributed by atoms with van der Waals surface area (Å²) >= 11 is 6.97. The molecule has 2 aromatic carbocycles. The van der Waals surface area contributed by atoms with Gasteiger partial charge in [0.1, 0.15) is 23.3 Å². The summed E-state index contributed by atoms with van der Waals surface area (Å²) in [4.78, 5) is 12.2. The van der Waals surface area contributed by atoms with Crippen LogP contribution in [0.4, 0.5) is 0 Å². The average molecular weight is 372 g/mol. The van der Waals surface area contributed by atoms with Crippen molar-refractivity contribution in [2.24, 2.45) is 0 Å². The lowest BCUT2D eigenvalue weighted by Gasteiger charge is -2.02. The quantitative estimate of drug-likeness (QED) is 0.496. The van der Waals surface area contributed by atoms with Gasteiger partial charge in [-0.05, 0) is 42.5 Å². The van der Waals surface area contributed by atoms with Crippen LogP contribution in [0.3, 0.4) is 0 Å². The summed E-state index contributed by atoms with van der Waals surface area (Å²) in [7, 11) is 0. The molecule has 0 radical (unpaired) electrons. The molecule has 0 fully saturated rings. The lowest BCUT2D eigenvalue weighted by atomic mass is 10.1. The molecule has 0 spiro atoms. The fraction of sp³-hybridized carbons (Fsp3) is 0.0588. The van der Waals surface area contributed by atoms with Crippen molar-refractivity contribution in [2.75, 3.05) is 0 Å². The second kappa shape index (κ2) is 6.62. The molecule has 0 bridgehead atoms. The SMILES string of the molecule is O=C(OCc1cc(-c2ccc(Cl)cc2)on1)c1ccc2nsnc2c1. The van der Waals surface area contributed by atoms with Crippen LogP contribution >= 0.6 is 23.3 Å². The lowest BCUT2D eigenvalue weighted by molar-refractivity contribution is 0.0464. The molecule has 0 aliphatic heterocycles. The summed E-state index contributed by atoms with van der Waals surface area (Å²) in [6, 6.07) is 14.0. The monoisotopic (exact) mass is 371 g/mol. The number of carbonyl (C=O) groups excluding carboxylic acids is 1. The average Bonchev–Trinajstić information content (AvgIpc) is 3.29. The van der Waals surface area contributed by atoms with Gasteiger partial charge in [0.25, 0.3) is 0 Å². The van der Waals surface area contributed by atoms with E-state index in [2.05, 4.69) is 13.9 Å². The summed E-state index contributed by atoms with van der Waals surface area (Å²) < 4.78 is 18.8. The molecule has 0 N–H and O–H groups in total. The Labute approximate surface area is 151 Å². The normalized spacial score (nSPS) is 10.9. The maximum absolute atomic E-state index is 12.2. The first-order valence-electron chi connectivity index (χ1n) is 7.30. The van der Waals surface area contributed by atoms with E-state index in [4.69, 9.17) is 20.9 Å². The second-order valence-electron chi connectivity index (χ2n) is 5.23. The molecule has 0 aliphatic carbocycles. The highest BCUT2D eigenvalue weighted by atomic mass is 35.5.